The first-order valence-electron chi connectivity index (χ1n) is 6.67. The molecule has 1 aromatic heterocycles. The third kappa shape index (κ3) is 4.00. The topological polar surface area (TPSA) is 83.1 Å². The van der Waals surface area contributed by atoms with Crippen LogP contribution in [0.4, 0.5) is 0 Å². The quantitative estimate of drug-likeness (QED) is 0.784. The van der Waals surface area contributed by atoms with Crippen LogP contribution < -0.4 is 5.32 Å². The molecule has 0 bridgehead atoms. The Bertz CT molecular complexity index is 412. The van der Waals surface area contributed by atoms with E-state index in [4.69, 9.17) is 4.74 Å². The number of aromatic amines is 1. The summed E-state index contributed by atoms with van der Waals surface area (Å²) in [6.45, 7) is 8.82. The van der Waals surface area contributed by atoms with Crippen molar-refractivity contribution >= 4 is 5.91 Å². The Kier molecular flexibility index (Phi) is 4.86. The normalized spacial score (nSPS) is 16.8. The van der Waals surface area contributed by atoms with Gasteiger partial charge in [-0.1, -0.05) is 13.8 Å². The Morgan fingerprint density at radius 3 is 2.84 bits per heavy atom. The molecule has 2 heterocycles. The fraction of sp³-hybridized carbons (Fsp3) is 0.750. The average Bonchev–Trinajstić information content (AvgIpc) is 2.89. The van der Waals surface area contributed by atoms with E-state index in [2.05, 4.69) is 25.4 Å². The lowest BCUT2D eigenvalue weighted by Crippen LogP contribution is -2.41. The zero-order chi connectivity index (χ0) is 13.7. The fourth-order valence-corrected chi connectivity index (χ4v) is 1.87. The second kappa shape index (κ2) is 6.63. The SMILES string of the molecule is CC(C)c1nc(C(=O)NCCN2CCOCC2)n[nH]1. The number of carbonyl (C=O) groups is 1. The lowest BCUT2D eigenvalue weighted by molar-refractivity contribution is 0.0383. The number of ether oxygens (including phenoxy) is 1. The van der Waals surface area contributed by atoms with Crippen LogP contribution >= 0.6 is 0 Å². The minimum Gasteiger partial charge on any atom is -0.379 e. The molecule has 1 aliphatic heterocycles. The first-order valence-corrected chi connectivity index (χ1v) is 6.67. The van der Waals surface area contributed by atoms with E-state index < -0.39 is 0 Å². The molecule has 1 amide bonds. The molecule has 7 nitrogen and oxygen atoms in total. The van der Waals surface area contributed by atoms with Gasteiger partial charge < -0.3 is 10.1 Å². The molecule has 7 heteroatoms. The third-order valence-electron chi connectivity index (χ3n) is 3.07. The summed E-state index contributed by atoms with van der Waals surface area (Å²) in [5.41, 5.74) is 0. The van der Waals surface area contributed by atoms with Crippen molar-refractivity contribution in [2.75, 3.05) is 39.4 Å². The molecule has 1 aromatic rings. The maximum absolute atomic E-state index is 11.8. The van der Waals surface area contributed by atoms with Gasteiger partial charge in [0, 0.05) is 32.1 Å². The first kappa shape index (κ1) is 14.0. The number of nitrogens with zero attached hydrogens (tertiary/aromatic N) is 3. The molecule has 0 aliphatic carbocycles. The van der Waals surface area contributed by atoms with Gasteiger partial charge in [-0.3, -0.25) is 14.8 Å². The minimum atomic E-state index is -0.226. The zero-order valence-electron chi connectivity index (χ0n) is 11.5. The summed E-state index contributed by atoms with van der Waals surface area (Å²) in [6, 6.07) is 0. The molecule has 0 saturated carbocycles. The number of nitrogens with one attached hydrogen (secondary N) is 2. The molecule has 1 saturated heterocycles. The van der Waals surface area contributed by atoms with Gasteiger partial charge in [-0.15, -0.1) is 5.10 Å². The average molecular weight is 267 g/mol. The van der Waals surface area contributed by atoms with Gasteiger partial charge in [0.25, 0.3) is 5.91 Å². The summed E-state index contributed by atoms with van der Waals surface area (Å²) in [5, 5.41) is 9.53. The summed E-state index contributed by atoms with van der Waals surface area (Å²) in [5.74, 6) is 0.961. The Labute approximate surface area is 112 Å². The van der Waals surface area contributed by atoms with E-state index in [0.717, 1.165) is 38.7 Å². The molecule has 0 aromatic carbocycles. The van der Waals surface area contributed by atoms with Gasteiger partial charge in [-0.25, -0.2) is 4.98 Å². The summed E-state index contributed by atoms with van der Waals surface area (Å²) >= 11 is 0. The van der Waals surface area contributed by atoms with E-state index in [1.54, 1.807) is 0 Å². The molecule has 0 unspecified atom stereocenters. The summed E-state index contributed by atoms with van der Waals surface area (Å²) < 4.78 is 5.27. The van der Waals surface area contributed by atoms with Crippen LogP contribution in [0.15, 0.2) is 0 Å². The molecule has 2 N–H and O–H groups in total. The Hall–Kier alpha value is -1.47. The molecule has 0 radical (unpaired) electrons. The van der Waals surface area contributed by atoms with Crippen LogP contribution in [0, 0.1) is 0 Å². The van der Waals surface area contributed by atoms with Crippen LogP contribution in [0.5, 0.6) is 0 Å². The maximum atomic E-state index is 11.8. The van der Waals surface area contributed by atoms with Crippen molar-refractivity contribution in [1.29, 1.82) is 0 Å². The Morgan fingerprint density at radius 2 is 2.21 bits per heavy atom. The van der Waals surface area contributed by atoms with Crippen LogP contribution in [0.2, 0.25) is 0 Å². The molecule has 0 atom stereocenters. The predicted molar refractivity (Wildman–Crippen MR) is 70.1 cm³/mol. The molecule has 1 fully saturated rings. The highest BCUT2D eigenvalue weighted by Gasteiger charge is 2.14. The highest BCUT2D eigenvalue weighted by Crippen LogP contribution is 2.07. The van der Waals surface area contributed by atoms with E-state index in [9.17, 15) is 4.79 Å². The smallest absolute Gasteiger partial charge is 0.291 e. The highest BCUT2D eigenvalue weighted by molar-refractivity contribution is 5.90. The van der Waals surface area contributed by atoms with Crippen molar-refractivity contribution in [3.63, 3.8) is 0 Å². The van der Waals surface area contributed by atoms with E-state index in [1.807, 2.05) is 13.8 Å². The van der Waals surface area contributed by atoms with E-state index in [0.29, 0.717) is 6.54 Å². The minimum absolute atomic E-state index is 0.214. The van der Waals surface area contributed by atoms with Crippen molar-refractivity contribution in [3.8, 4) is 0 Å². The summed E-state index contributed by atoms with van der Waals surface area (Å²) in [7, 11) is 0. The van der Waals surface area contributed by atoms with Crippen molar-refractivity contribution in [2.24, 2.45) is 0 Å². The van der Waals surface area contributed by atoms with Crippen molar-refractivity contribution in [3.05, 3.63) is 11.6 Å². The summed E-state index contributed by atoms with van der Waals surface area (Å²) in [6.07, 6.45) is 0. The van der Waals surface area contributed by atoms with Gasteiger partial charge in [0.1, 0.15) is 5.82 Å². The lowest BCUT2D eigenvalue weighted by atomic mass is 10.2. The molecular weight excluding hydrogens is 246 g/mol. The molecule has 2 rings (SSSR count). The number of hydrogen-bond acceptors (Lipinski definition) is 5. The molecule has 19 heavy (non-hydrogen) atoms. The molecule has 106 valence electrons. The standard InChI is InChI=1S/C12H21N5O2/c1-9(2)10-14-11(16-15-10)12(18)13-3-4-17-5-7-19-8-6-17/h9H,3-8H2,1-2H3,(H,13,18)(H,14,15,16). The third-order valence-corrected chi connectivity index (χ3v) is 3.07. The van der Waals surface area contributed by atoms with Gasteiger partial charge in [0.05, 0.1) is 13.2 Å². The first-order chi connectivity index (χ1) is 9.16. The van der Waals surface area contributed by atoms with Crippen LogP contribution in [0.3, 0.4) is 0 Å². The van der Waals surface area contributed by atoms with Gasteiger partial charge in [-0.2, -0.15) is 0 Å². The lowest BCUT2D eigenvalue weighted by Gasteiger charge is -2.26. The maximum Gasteiger partial charge on any atom is 0.291 e. The van der Waals surface area contributed by atoms with Gasteiger partial charge in [0.15, 0.2) is 0 Å². The fourth-order valence-electron chi connectivity index (χ4n) is 1.87. The van der Waals surface area contributed by atoms with Crippen LogP contribution in [0.25, 0.3) is 0 Å². The zero-order valence-corrected chi connectivity index (χ0v) is 11.5. The summed E-state index contributed by atoms with van der Waals surface area (Å²) in [4.78, 5) is 18.3. The van der Waals surface area contributed by atoms with Crippen molar-refractivity contribution < 1.29 is 9.53 Å². The Balaban J connectivity index is 1.74. The van der Waals surface area contributed by atoms with Gasteiger partial charge in [-0.05, 0) is 0 Å². The van der Waals surface area contributed by atoms with E-state index in [1.165, 1.54) is 0 Å². The van der Waals surface area contributed by atoms with Crippen LogP contribution in [-0.4, -0.2) is 65.4 Å². The van der Waals surface area contributed by atoms with Crippen molar-refractivity contribution in [1.82, 2.24) is 25.4 Å². The number of rotatable bonds is 5. The van der Waals surface area contributed by atoms with Gasteiger partial charge >= 0.3 is 0 Å². The van der Waals surface area contributed by atoms with E-state index in [-0.39, 0.29) is 17.6 Å². The number of amides is 1. The van der Waals surface area contributed by atoms with Crippen LogP contribution in [-0.2, 0) is 4.74 Å². The van der Waals surface area contributed by atoms with E-state index >= 15 is 0 Å². The number of hydrogen-bond donors (Lipinski definition) is 2. The largest absolute Gasteiger partial charge is 0.379 e. The second-order valence-electron chi connectivity index (χ2n) is 4.91. The van der Waals surface area contributed by atoms with Gasteiger partial charge in [0.2, 0.25) is 5.82 Å². The molecule has 1 aliphatic rings. The molecule has 0 spiro atoms. The second-order valence-corrected chi connectivity index (χ2v) is 4.91. The number of morpholine rings is 1. The molecular formula is C12H21N5O2. The Morgan fingerprint density at radius 1 is 1.47 bits per heavy atom. The highest BCUT2D eigenvalue weighted by atomic mass is 16.5. The number of aromatic nitrogens is 3. The number of carbonyl (C=O) groups excluding carboxylic acids is 1. The number of H-pyrrole nitrogens is 1. The van der Waals surface area contributed by atoms with Crippen LogP contribution in [0.1, 0.15) is 36.2 Å². The predicted octanol–water partition coefficient (Wildman–Crippen LogP) is -0.00990. The van der Waals surface area contributed by atoms with Crippen molar-refractivity contribution in [2.45, 2.75) is 19.8 Å². The monoisotopic (exact) mass is 267 g/mol.